The SMILES string of the molecule is CCCOc1cccc2c1ccn2Cc1nnc(C)o1. The molecule has 0 saturated carbocycles. The maximum absolute atomic E-state index is 5.77. The minimum absolute atomic E-state index is 0.571. The van der Waals surface area contributed by atoms with Crippen molar-refractivity contribution in [3.8, 4) is 5.75 Å². The van der Waals surface area contributed by atoms with E-state index < -0.39 is 0 Å². The number of fused-ring (bicyclic) bond motifs is 1. The van der Waals surface area contributed by atoms with Gasteiger partial charge in [-0.1, -0.05) is 13.0 Å². The van der Waals surface area contributed by atoms with Gasteiger partial charge in [0.15, 0.2) is 0 Å². The topological polar surface area (TPSA) is 53.1 Å². The Morgan fingerprint density at radius 1 is 1.25 bits per heavy atom. The fraction of sp³-hybridized carbons (Fsp3) is 0.333. The molecule has 0 saturated heterocycles. The van der Waals surface area contributed by atoms with Gasteiger partial charge in [0.2, 0.25) is 11.8 Å². The van der Waals surface area contributed by atoms with Gasteiger partial charge in [-0.3, -0.25) is 0 Å². The predicted octanol–water partition coefficient (Wildman–Crippen LogP) is 3.17. The standard InChI is InChI=1S/C15H17N3O2/c1-3-9-19-14-6-4-5-13-12(14)7-8-18(13)10-15-17-16-11(2)20-15/h4-8H,3,9-10H2,1-2H3. The first-order valence-electron chi connectivity index (χ1n) is 6.77. The molecule has 3 aromatic rings. The quantitative estimate of drug-likeness (QED) is 0.715. The summed E-state index contributed by atoms with van der Waals surface area (Å²) in [6.45, 7) is 5.19. The zero-order valence-electron chi connectivity index (χ0n) is 11.7. The number of ether oxygens (including phenoxy) is 1. The molecule has 20 heavy (non-hydrogen) atoms. The van der Waals surface area contributed by atoms with Crippen molar-refractivity contribution in [3.63, 3.8) is 0 Å². The van der Waals surface area contributed by atoms with Crippen molar-refractivity contribution < 1.29 is 9.15 Å². The second kappa shape index (κ2) is 5.36. The van der Waals surface area contributed by atoms with Crippen molar-refractivity contribution in [3.05, 3.63) is 42.2 Å². The molecule has 5 nitrogen and oxygen atoms in total. The monoisotopic (exact) mass is 271 g/mol. The highest BCUT2D eigenvalue weighted by molar-refractivity contribution is 5.86. The molecule has 0 N–H and O–H groups in total. The van der Waals surface area contributed by atoms with Gasteiger partial charge in [-0.2, -0.15) is 0 Å². The maximum Gasteiger partial charge on any atom is 0.236 e. The second-order valence-corrected chi connectivity index (χ2v) is 4.70. The van der Waals surface area contributed by atoms with E-state index in [1.165, 1.54) is 0 Å². The van der Waals surface area contributed by atoms with E-state index in [1.807, 2.05) is 18.3 Å². The summed E-state index contributed by atoms with van der Waals surface area (Å²) in [6.07, 6.45) is 3.02. The molecule has 0 aliphatic heterocycles. The highest BCUT2D eigenvalue weighted by atomic mass is 16.5. The van der Waals surface area contributed by atoms with E-state index in [2.05, 4.69) is 33.8 Å². The first-order chi connectivity index (χ1) is 9.78. The Hall–Kier alpha value is -2.30. The molecule has 0 spiro atoms. The molecule has 0 bridgehead atoms. The minimum Gasteiger partial charge on any atom is -0.493 e. The number of aromatic nitrogens is 3. The number of nitrogens with zero attached hydrogens (tertiary/aromatic N) is 3. The van der Waals surface area contributed by atoms with E-state index in [0.717, 1.165) is 29.7 Å². The molecule has 0 aliphatic carbocycles. The van der Waals surface area contributed by atoms with Crippen LogP contribution in [0, 0.1) is 6.92 Å². The average molecular weight is 271 g/mol. The van der Waals surface area contributed by atoms with Crippen molar-refractivity contribution in [1.29, 1.82) is 0 Å². The van der Waals surface area contributed by atoms with Gasteiger partial charge in [-0.25, -0.2) is 0 Å². The third kappa shape index (κ3) is 2.39. The Balaban J connectivity index is 1.92. The number of aryl methyl sites for hydroxylation is 1. The van der Waals surface area contributed by atoms with Crippen LogP contribution in [0.1, 0.15) is 25.1 Å². The molecule has 2 heterocycles. The number of rotatable bonds is 5. The molecule has 2 aromatic heterocycles. The molecule has 5 heteroatoms. The van der Waals surface area contributed by atoms with Crippen molar-refractivity contribution >= 4 is 10.9 Å². The smallest absolute Gasteiger partial charge is 0.236 e. The van der Waals surface area contributed by atoms with E-state index in [4.69, 9.17) is 9.15 Å². The Morgan fingerprint density at radius 3 is 2.90 bits per heavy atom. The lowest BCUT2D eigenvalue weighted by Gasteiger charge is -2.07. The molecule has 104 valence electrons. The van der Waals surface area contributed by atoms with Gasteiger partial charge in [-0.05, 0) is 24.6 Å². The molecule has 1 aromatic carbocycles. The van der Waals surface area contributed by atoms with Gasteiger partial charge in [0, 0.05) is 18.5 Å². The third-order valence-corrected chi connectivity index (χ3v) is 3.11. The Morgan fingerprint density at radius 2 is 2.15 bits per heavy atom. The Bertz CT molecular complexity index is 715. The summed E-state index contributed by atoms with van der Waals surface area (Å²) >= 11 is 0. The van der Waals surface area contributed by atoms with Gasteiger partial charge >= 0.3 is 0 Å². The van der Waals surface area contributed by atoms with Crippen molar-refractivity contribution in [2.75, 3.05) is 6.61 Å². The summed E-state index contributed by atoms with van der Waals surface area (Å²) in [5.41, 5.74) is 1.11. The van der Waals surface area contributed by atoms with Gasteiger partial charge in [-0.15, -0.1) is 10.2 Å². The Kier molecular flexibility index (Phi) is 3.41. The first-order valence-corrected chi connectivity index (χ1v) is 6.77. The van der Waals surface area contributed by atoms with Gasteiger partial charge in [0.1, 0.15) is 12.3 Å². The molecule has 0 unspecified atom stereocenters. The second-order valence-electron chi connectivity index (χ2n) is 4.70. The summed E-state index contributed by atoms with van der Waals surface area (Å²) in [5, 5.41) is 8.99. The molecular weight excluding hydrogens is 254 g/mol. The van der Waals surface area contributed by atoms with Crippen molar-refractivity contribution in [2.24, 2.45) is 0 Å². The van der Waals surface area contributed by atoms with Crippen LogP contribution < -0.4 is 4.74 Å². The van der Waals surface area contributed by atoms with Crippen LogP contribution in [0.15, 0.2) is 34.9 Å². The molecule has 0 radical (unpaired) electrons. The number of hydrogen-bond acceptors (Lipinski definition) is 4. The summed E-state index contributed by atoms with van der Waals surface area (Å²) in [4.78, 5) is 0. The average Bonchev–Trinajstić information content (AvgIpc) is 3.04. The van der Waals surface area contributed by atoms with Crippen LogP contribution in [-0.4, -0.2) is 21.4 Å². The van der Waals surface area contributed by atoms with Crippen LogP contribution in [-0.2, 0) is 6.54 Å². The predicted molar refractivity (Wildman–Crippen MR) is 75.9 cm³/mol. The van der Waals surface area contributed by atoms with Gasteiger partial charge < -0.3 is 13.7 Å². The summed E-state index contributed by atoms with van der Waals surface area (Å²) in [6, 6.07) is 8.13. The van der Waals surface area contributed by atoms with Crippen LogP contribution in [0.4, 0.5) is 0 Å². The summed E-state index contributed by atoms with van der Waals surface area (Å²) < 4.78 is 13.3. The van der Waals surface area contributed by atoms with Crippen LogP contribution in [0.3, 0.4) is 0 Å². The van der Waals surface area contributed by atoms with Crippen LogP contribution >= 0.6 is 0 Å². The van der Waals surface area contributed by atoms with E-state index in [-0.39, 0.29) is 0 Å². The van der Waals surface area contributed by atoms with E-state index in [1.54, 1.807) is 6.92 Å². The Labute approximate surface area is 117 Å². The van der Waals surface area contributed by atoms with E-state index in [9.17, 15) is 0 Å². The summed E-state index contributed by atoms with van der Waals surface area (Å²) in [5.74, 6) is 2.12. The van der Waals surface area contributed by atoms with Crippen molar-refractivity contribution in [1.82, 2.24) is 14.8 Å². The summed E-state index contributed by atoms with van der Waals surface area (Å²) in [7, 11) is 0. The third-order valence-electron chi connectivity index (χ3n) is 3.11. The lowest BCUT2D eigenvalue weighted by molar-refractivity contribution is 0.321. The van der Waals surface area contributed by atoms with Gasteiger partial charge in [0.25, 0.3) is 0 Å². The fourth-order valence-electron chi connectivity index (χ4n) is 2.22. The van der Waals surface area contributed by atoms with E-state index >= 15 is 0 Å². The van der Waals surface area contributed by atoms with Crippen molar-refractivity contribution in [2.45, 2.75) is 26.8 Å². The number of hydrogen-bond donors (Lipinski definition) is 0. The largest absolute Gasteiger partial charge is 0.493 e. The highest BCUT2D eigenvalue weighted by Gasteiger charge is 2.09. The molecular formula is C15H17N3O2. The van der Waals surface area contributed by atoms with Gasteiger partial charge in [0.05, 0.1) is 12.1 Å². The normalized spacial score (nSPS) is 11.1. The first kappa shape index (κ1) is 12.7. The highest BCUT2D eigenvalue weighted by Crippen LogP contribution is 2.27. The molecule has 0 atom stereocenters. The minimum atomic E-state index is 0.571. The number of benzene rings is 1. The lowest BCUT2D eigenvalue weighted by atomic mass is 10.2. The lowest BCUT2D eigenvalue weighted by Crippen LogP contribution is -1.99. The fourth-order valence-corrected chi connectivity index (χ4v) is 2.22. The molecule has 0 amide bonds. The zero-order valence-corrected chi connectivity index (χ0v) is 11.7. The van der Waals surface area contributed by atoms with Crippen LogP contribution in [0.25, 0.3) is 10.9 Å². The van der Waals surface area contributed by atoms with Crippen LogP contribution in [0.5, 0.6) is 5.75 Å². The van der Waals surface area contributed by atoms with E-state index in [0.29, 0.717) is 18.3 Å². The zero-order chi connectivity index (χ0) is 13.9. The molecule has 0 fully saturated rings. The van der Waals surface area contributed by atoms with Crippen LogP contribution in [0.2, 0.25) is 0 Å². The molecule has 0 aliphatic rings. The molecule has 3 rings (SSSR count). The maximum atomic E-state index is 5.77.